The molecule has 0 spiro atoms. The predicted molar refractivity (Wildman–Crippen MR) is 67.5 cm³/mol. The van der Waals surface area contributed by atoms with E-state index < -0.39 is 0 Å². The van der Waals surface area contributed by atoms with Crippen molar-refractivity contribution < 1.29 is 4.42 Å². The molecular weight excluding hydrogens is 198 g/mol. The fraction of sp³-hybridized carbons (Fsp3) is 0.429. The van der Waals surface area contributed by atoms with Crippen molar-refractivity contribution in [2.75, 3.05) is 0 Å². The monoisotopic (exact) mass is 217 g/mol. The highest BCUT2D eigenvalue weighted by atomic mass is 16.3. The summed E-state index contributed by atoms with van der Waals surface area (Å²) in [6, 6.07) is 8.65. The van der Waals surface area contributed by atoms with Gasteiger partial charge in [0.05, 0.1) is 0 Å². The molecule has 86 valence electrons. The maximum absolute atomic E-state index is 5.90. The molecule has 1 heterocycles. The molecule has 2 rings (SSSR count). The zero-order chi connectivity index (χ0) is 11.5. The lowest BCUT2D eigenvalue weighted by molar-refractivity contribution is 0.506. The smallest absolute Gasteiger partial charge is 0.137 e. The number of aryl methyl sites for hydroxylation is 2. The number of fused-ring (bicyclic) bond motifs is 1. The Balaban J connectivity index is 2.17. The zero-order valence-corrected chi connectivity index (χ0v) is 9.99. The van der Waals surface area contributed by atoms with E-state index in [4.69, 9.17) is 10.2 Å². The van der Waals surface area contributed by atoms with Gasteiger partial charge in [-0.15, -0.1) is 0 Å². The van der Waals surface area contributed by atoms with Gasteiger partial charge < -0.3 is 10.2 Å². The summed E-state index contributed by atoms with van der Waals surface area (Å²) >= 11 is 0. The minimum atomic E-state index is 0.286. The standard InChI is InChI=1S/C14H19NO/c1-3-12(15)7-8-13-9-11-6-4-5-10(2)14(11)16-13/h4-6,9,12H,3,7-8,15H2,1-2H3. The molecule has 0 saturated carbocycles. The molecule has 2 heteroatoms. The van der Waals surface area contributed by atoms with Crippen LogP contribution in [0, 0.1) is 6.92 Å². The van der Waals surface area contributed by atoms with Crippen molar-refractivity contribution in [2.45, 2.75) is 39.2 Å². The van der Waals surface area contributed by atoms with Crippen LogP contribution in [-0.4, -0.2) is 6.04 Å². The molecule has 0 aliphatic carbocycles. The van der Waals surface area contributed by atoms with E-state index in [1.54, 1.807) is 0 Å². The molecule has 1 aromatic heterocycles. The lowest BCUT2D eigenvalue weighted by atomic mass is 10.1. The molecule has 0 bridgehead atoms. The quantitative estimate of drug-likeness (QED) is 0.852. The van der Waals surface area contributed by atoms with E-state index in [2.05, 4.69) is 38.1 Å². The number of nitrogens with two attached hydrogens (primary N) is 1. The molecule has 0 saturated heterocycles. The highest BCUT2D eigenvalue weighted by molar-refractivity contribution is 5.80. The molecule has 0 fully saturated rings. The summed E-state index contributed by atoms with van der Waals surface area (Å²) in [5.41, 5.74) is 8.12. The second-order valence-electron chi connectivity index (χ2n) is 4.41. The second-order valence-corrected chi connectivity index (χ2v) is 4.41. The van der Waals surface area contributed by atoms with Crippen LogP contribution >= 0.6 is 0 Å². The largest absolute Gasteiger partial charge is 0.461 e. The van der Waals surface area contributed by atoms with Gasteiger partial charge in [-0.3, -0.25) is 0 Å². The average Bonchev–Trinajstić information content (AvgIpc) is 2.70. The van der Waals surface area contributed by atoms with Crippen molar-refractivity contribution in [1.82, 2.24) is 0 Å². The molecule has 1 atom stereocenters. The van der Waals surface area contributed by atoms with E-state index in [1.807, 2.05) is 0 Å². The molecule has 1 unspecified atom stereocenters. The van der Waals surface area contributed by atoms with Crippen molar-refractivity contribution in [2.24, 2.45) is 5.73 Å². The third kappa shape index (κ3) is 2.27. The number of hydrogen-bond donors (Lipinski definition) is 1. The van der Waals surface area contributed by atoms with E-state index in [0.29, 0.717) is 0 Å². The fourth-order valence-electron chi connectivity index (χ4n) is 1.92. The lowest BCUT2D eigenvalue weighted by Gasteiger charge is -2.05. The summed E-state index contributed by atoms with van der Waals surface area (Å²) in [6.45, 7) is 4.20. The van der Waals surface area contributed by atoms with Gasteiger partial charge in [-0.1, -0.05) is 25.1 Å². The van der Waals surface area contributed by atoms with Crippen LogP contribution in [0.3, 0.4) is 0 Å². The van der Waals surface area contributed by atoms with Crippen LogP contribution in [0.15, 0.2) is 28.7 Å². The number of furan rings is 1. The molecule has 2 aromatic rings. The molecule has 0 aliphatic heterocycles. The molecule has 16 heavy (non-hydrogen) atoms. The fourth-order valence-corrected chi connectivity index (χ4v) is 1.92. The van der Waals surface area contributed by atoms with Gasteiger partial charge in [-0.05, 0) is 31.4 Å². The first-order chi connectivity index (χ1) is 7.70. The summed E-state index contributed by atoms with van der Waals surface area (Å²) < 4.78 is 5.84. The highest BCUT2D eigenvalue weighted by Gasteiger charge is 2.07. The van der Waals surface area contributed by atoms with E-state index >= 15 is 0 Å². The molecule has 0 amide bonds. The predicted octanol–water partition coefficient (Wildman–Crippen LogP) is 3.41. The van der Waals surface area contributed by atoms with Crippen molar-refractivity contribution in [3.05, 3.63) is 35.6 Å². The van der Waals surface area contributed by atoms with Gasteiger partial charge in [-0.2, -0.15) is 0 Å². The first-order valence-electron chi connectivity index (χ1n) is 5.94. The van der Waals surface area contributed by atoms with Gasteiger partial charge in [-0.25, -0.2) is 0 Å². The summed E-state index contributed by atoms with van der Waals surface area (Å²) in [4.78, 5) is 0. The lowest BCUT2D eigenvalue weighted by Crippen LogP contribution is -2.18. The third-order valence-electron chi connectivity index (χ3n) is 3.08. The van der Waals surface area contributed by atoms with Crippen molar-refractivity contribution in [3.8, 4) is 0 Å². The topological polar surface area (TPSA) is 39.2 Å². The van der Waals surface area contributed by atoms with Crippen LogP contribution in [0.4, 0.5) is 0 Å². The van der Waals surface area contributed by atoms with Gasteiger partial charge in [0.2, 0.25) is 0 Å². The summed E-state index contributed by atoms with van der Waals surface area (Å²) in [5, 5.41) is 1.19. The van der Waals surface area contributed by atoms with Crippen LogP contribution in [-0.2, 0) is 6.42 Å². The van der Waals surface area contributed by atoms with Crippen LogP contribution < -0.4 is 5.73 Å². The molecule has 2 nitrogen and oxygen atoms in total. The first kappa shape index (κ1) is 11.2. The Labute approximate surface area is 96.4 Å². The van der Waals surface area contributed by atoms with E-state index in [0.717, 1.165) is 30.6 Å². The Morgan fingerprint density at radius 1 is 1.38 bits per heavy atom. The molecule has 2 N–H and O–H groups in total. The average molecular weight is 217 g/mol. The molecule has 1 aromatic carbocycles. The van der Waals surface area contributed by atoms with Gasteiger partial charge in [0.1, 0.15) is 11.3 Å². The van der Waals surface area contributed by atoms with Crippen LogP contribution in [0.5, 0.6) is 0 Å². The number of benzene rings is 1. The highest BCUT2D eigenvalue weighted by Crippen LogP contribution is 2.23. The Morgan fingerprint density at radius 3 is 2.88 bits per heavy atom. The number of rotatable bonds is 4. The van der Waals surface area contributed by atoms with Gasteiger partial charge in [0.15, 0.2) is 0 Å². The Morgan fingerprint density at radius 2 is 2.19 bits per heavy atom. The second kappa shape index (κ2) is 4.71. The minimum absolute atomic E-state index is 0.286. The van der Waals surface area contributed by atoms with Gasteiger partial charge in [0, 0.05) is 17.8 Å². The van der Waals surface area contributed by atoms with Crippen LogP contribution in [0.1, 0.15) is 31.1 Å². The van der Waals surface area contributed by atoms with Crippen LogP contribution in [0.2, 0.25) is 0 Å². The summed E-state index contributed by atoms with van der Waals surface area (Å²) in [6.07, 6.45) is 2.96. The van der Waals surface area contributed by atoms with Crippen molar-refractivity contribution >= 4 is 11.0 Å². The van der Waals surface area contributed by atoms with E-state index in [9.17, 15) is 0 Å². The Hall–Kier alpha value is -1.28. The molecular formula is C14H19NO. The molecule has 0 aliphatic rings. The Bertz CT molecular complexity index is 473. The SMILES string of the molecule is CCC(N)CCc1cc2cccc(C)c2o1. The zero-order valence-electron chi connectivity index (χ0n) is 9.99. The van der Waals surface area contributed by atoms with E-state index in [-0.39, 0.29) is 6.04 Å². The van der Waals surface area contributed by atoms with Gasteiger partial charge >= 0.3 is 0 Å². The number of hydrogen-bond acceptors (Lipinski definition) is 2. The third-order valence-corrected chi connectivity index (χ3v) is 3.08. The maximum atomic E-state index is 5.90. The first-order valence-corrected chi connectivity index (χ1v) is 5.94. The minimum Gasteiger partial charge on any atom is -0.461 e. The van der Waals surface area contributed by atoms with E-state index in [1.165, 1.54) is 10.9 Å². The van der Waals surface area contributed by atoms with Crippen molar-refractivity contribution in [3.63, 3.8) is 0 Å². The summed E-state index contributed by atoms with van der Waals surface area (Å²) in [5.74, 6) is 1.05. The van der Waals surface area contributed by atoms with Crippen molar-refractivity contribution in [1.29, 1.82) is 0 Å². The van der Waals surface area contributed by atoms with Gasteiger partial charge in [0.25, 0.3) is 0 Å². The maximum Gasteiger partial charge on any atom is 0.137 e. The summed E-state index contributed by atoms with van der Waals surface area (Å²) in [7, 11) is 0. The number of para-hydroxylation sites is 1. The molecule has 0 radical (unpaired) electrons. The van der Waals surface area contributed by atoms with Crippen LogP contribution in [0.25, 0.3) is 11.0 Å². The normalized spacial score (nSPS) is 13.2. The Kier molecular flexibility index (Phi) is 3.30.